The highest BCUT2D eigenvalue weighted by molar-refractivity contribution is 9.09. The van der Waals surface area contributed by atoms with Gasteiger partial charge >= 0.3 is 5.97 Å². The van der Waals surface area contributed by atoms with Crippen molar-refractivity contribution in [2.75, 3.05) is 0 Å². The molecule has 1 N–H and O–H groups in total. The monoisotopic (exact) mass is 306 g/mol. The zero-order chi connectivity index (χ0) is 13.2. The van der Waals surface area contributed by atoms with E-state index in [-0.39, 0.29) is 11.1 Å². The summed E-state index contributed by atoms with van der Waals surface area (Å²) in [4.78, 5) is 21.1. The van der Waals surface area contributed by atoms with Crippen LogP contribution in [0.15, 0.2) is 18.2 Å². The van der Waals surface area contributed by atoms with Crippen LogP contribution in [-0.2, 0) is 4.79 Å². The molecule has 0 spiro atoms. The number of benzene rings is 1. The second-order valence-corrected chi connectivity index (χ2v) is 4.30. The van der Waals surface area contributed by atoms with E-state index >= 15 is 0 Å². The second-order valence-electron chi connectivity index (χ2n) is 3.39. The van der Waals surface area contributed by atoms with Gasteiger partial charge in [0.15, 0.2) is 0 Å². The molecule has 0 aliphatic rings. The molecule has 0 heterocycles. The van der Waals surface area contributed by atoms with Crippen LogP contribution in [0.5, 0.6) is 0 Å². The summed E-state index contributed by atoms with van der Waals surface area (Å²) in [6.07, 6.45) is -2.83. The van der Waals surface area contributed by atoms with Crippen LogP contribution in [0.25, 0.3) is 0 Å². The molecule has 6 heteroatoms. The average molecular weight is 307 g/mol. The summed E-state index contributed by atoms with van der Waals surface area (Å²) in [6.45, 7) is 1.20. The summed E-state index contributed by atoms with van der Waals surface area (Å²) in [5.41, 5.74) is -0.913. The van der Waals surface area contributed by atoms with Crippen molar-refractivity contribution in [2.24, 2.45) is 0 Å². The summed E-state index contributed by atoms with van der Waals surface area (Å²) in [7, 11) is 0. The molecular formula is C11H9BrF2O3. The molecule has 0 saturated carbocycles. The van der Waals surface area contributed by atoms with Crippen molar-refractivity contribution >= 4 is 27.7 Å². The van der Waals surface area contributed by atoms with Gasteiger partial charge in [0.25, 0.3) is 6.43 Å². The topological polar surface area (TPSA) is 54.4 Å². The molecule has 1 atom stereocenters. The lowest BCUT2D eigenvalue weighted by molar-refractivity contribution is -0.116. The number of carbonyl (C=O) groups excluding carboxylic acids is 1. The first-order valence-corrected chi connectivity index (χ1v) is 5.56. The number of carbonyl (C=O) groups is 2. The quantitative estimate of drug-likeness (QED) is 0.868. The van der Waals surface area contributed by atoms with Gasteiger partial charge in [-0.05, 0) is 18.6 Å². The highest BCUT2D eigenvalue weighted by Gasteiger charge is 2.26. The Labute approximate surface area is 105 Å². The van der Waals surface area contributed by atoms with E-state index in [1.54, 1.807) is 0 Å². The predicted molar refractivity (Wildman–Crippen MR) is 60.7 cm³/mol. The normalized spacial score (nSPS) is 12.5. The van der Waals surface area contributed by atoms with Crippen LogP contribution in [0.3, 0.4) is 0 Å². The minimum atomic E-state index is -2.83. The third-order valence-electron chi connectivity index (χ3n) is 2.22. The Morgan fingerprint density at radius 2 is 1.94 bits per heavy atom. The maximum atomic E-state index is 12.8. The largest absolute Gasteiger partial charge is 0.478 e. The van der Waals surface area contributed by atoms with Crippen LogP contribution >= 0.6 is 15.9 Å². The highest BCUT2D eigenvalue weighted by Crippen LogP contribution is 2.35. The molecule has 0 bridgehead atoms. The first-order valence-electron chi connectivity index (χ1n) is 4.65. The molecule has 0 aromatic heterocycles. The number of Topliss-reactive ketones (excluding diaryl/α,β-unsaturated/α-hetero) is 1. The standard InChI is InChI=1S/C11H9BrF2O3/c1-5(15)9(12)8-6(10(13)14)3-2-4-7(8)11(16)17/h2-4,9-10H,1H3,(H,16,17). The smallest absolute Gasteiger partial charge is 0.336 e. The second kappa shape index (κ2) is 5.35. The van der Waals surface area contributed by atoms with Gasteiger partial charge in [-0.15, -0.1) is 0 Å². The molecule has 1 aromatic rings. The van der Waals surface area contributed by atoms with E-state index in [1.807, 2.05) is 0 Å². The van der Waals surface area contributed by atoms with Gasteiger partial charge < -0.3 is 5.11 Å². The van der Waals surface area contributed by atoms with Gasteiger partial charge in [-0.3, -0.25) is 4.79 Å². The van der Waals surface area contributed by atoms with E-state index in [2.05, 4.69) is 15.9 Å². The zero-order valence-electron chi connectivity index (χ0n) is 8.78. The molecule has 3 nitrogen and oxygen atoms in total. The summed E-state index contributed by atoms with van der Waals surface area (Å²) < 4.78 is 25.5. The summed E-state index contributed by atoms with van der Waals surface area (Å²) in [5, 5.41) is 8.93. The lowest BCUT2D eigenvalue weighted by Gasteiger charge is -2.15. The van der Waals surface area contributed by atoms with Gasteiger partial charge in [0.1, 0.15) is 5.78 Å². The van der Waals surface area contributed by atoms with Crippen LogP contribution < -0.4 is 0 Å². The maximum absolute atomic E-state index is 12.8. The highest BCUT2D eigenvalue weighted by atomic mass is 79.9. The van der Waals surface area contributed by atoms with E-state index in [0.717, 1.165) is 6.07 Å². The van der Waals surface area contributed by atoms with E-state index < -0.39 is 28.6 Å². The van der Waals surface area contributed by atoms with Crippen molar-refractivity contribution in [1.29, 1.82) is 0 Å². The van der Waals surface area contributed by atoms with E-state index in [9.17, 15) is 18.4 Å². The molecule has 0 amide bonds. The molecule has 0 radical (unpaired) electrons. The molecule has 92 valence electrons. The molecular weight excluding hydrogens is 298 g/mol. The van der Waals surface area contributed by atoms with Crippen molar-refractivity contribution < 1.29 is 23.5 Å². The molecule has 0 aliphatic carbocycles. The summed E-state index contributed by atoms with van der Waals surface area (Å²) in [6, 6.07) is 3.54. The van der Waals surface area contributed by atoms with Gasteiger partial charge in [-0.2, -0.15) is 0 Å². The number of halogens is 3. The fourth-order valence-corrected chi connectivity index (χ4v) is 1.96. The average Bonchev–Trinajstić information content (AvgIpc) is 2.26. The summed E-state index contributed by atoms with van der Waals surface area (Å²) >= 11 is 2.94. The molecule has 0 saturated heterocycles. The van der Waals surface area contributed by atoms with Crippen molar-refractivity contribution in [3.8, 4) is 0 Å². The van der Waals surface area contributed by atoms with E-state index in [4.69, 9.17) is 5.11 Å². The number of carboxylic acid groups (broad SMARTS) is 1. The van der Waals surface area contributed by atoms with Crippen LogP contribution in [-0.4, -0.2) is 16.9 Å². The summed E-state index contributed by atoms with van der Waals surface area (Å²) in [5.74, 6) is -1.77. The Kier molecular flexibility index (Phi) is 4.34. The third kappa shape index (κ3) is 2.88. The molecule has 1 rings (SSSR count). The van der Waals surface area contributed by atoms with Crippen molar-refractivity contribution in [2.45, 2.75) is 18.2 Å². The molecule has 0 fully saturated rings. The van der Waals surface area contributed by atoms with E-state index in [0.29, 0.717) is 0 Å². The van der Waals surface area contributed by atoms with Gasteiger partial charge in [-0.1, -0.05) is 28.1 Å². The first kappa shape index (κ1) is 13.8. The van der Waals surface area contributed by atoms with Crippen LogP contribution in [0.4, 0.5) is 8.78 Å². The van der Waals surface area contributed by atoms with Crippen molar-refractivity contribution in [3.63, 3.8) is 0 Å². The van der Waals surface area contributed by atoms with E-state index in [1.165, 1.54) is 19.1 Å². The number of ketones is 1. The number of alkyl halides is 3. The number of hydrogen-bond donors (Lipinski definition) is 1. The van der Waals surface area contributed by atoms with Gasteiger partial charge in [-0.25, -0.2) is 13.6 Å². The number of rotatable bonds is 4. The van der Waals surface area contributed by atoms with Crippen molar-refractivity contribution in [1.82, 2.24) is 0 Å². The Morgan fingerprint density at radius 1 is 1.35 bits per heavy atom. The molecule has 1 aromatic carbocycles. The lowest BCUT2D eigenvalue weighted by Crippen LogP contribution is -2.12. The minimum Gasteiger partial charge on any atom is -0.478 e. The molecule has 0 aliphatic heterocycles. The van der Waals surface area contributed by atoms with Gasteiger partial charge in [0.05, 0.1) is 10.4 Å². The zero-order valence-corrected chi connectivity index (χ0v) is 10.4. The Morgan fingerprint density at radius 3 is 2.35 bits per heavy atom. The number of aromatic carboxylic acids is 1. The number of hydrogen-bond acceptors (Lipinski definition) is 2. The maximum Gasteiger partial charge on any atom is 0.336 e. The fourth-order valence-electron chi connectivity index (χ4n) is 1.45. The number of carboxylic acids is 1. The third-order valence-corrected chi connectivity index (χ3v) is 3.32. The molecule has 17 heavy (non-hydrogen) atoms. The predicted octanol–water partition coefficient (Wildman–Crippen LogP) is 3.35. The van der Waals surface area contributed by atoms with Gasteiger partial charge in [0.2, 0.25) is 0 Å². The Hall–Kier alpha value is -1.30. The van der Waals surface area contributed by atoms with Crippen LogP contribution in [0.2, 0.25) is 0 Å². The van der Waals surface area contributed by atoms with Gasteiger partial charge in [0, 0.05) is 5.56 Å². The minimum absolute atomic E-state index is 0.178. The first-order chi connectivity index (χ1) is 7.86. The fraction of sp³-hybridized carbons (Fsp3) is 0.273. The Bertz CT molecular complexity index is 460. The lowest BCUT2D eigenvalue weighted by atomic mass is 9.96. The Balaban J connectivity index is 3.49. The molecule has 1 unspecified atom stereocenters. The van der Waals surface area contributed by atoms with Crippen LogP contribution in [0, 0.1) is 0 Å². The van der Waals surface area contributed by atoms with Crippen LogP contribution in [0.1, 0.15) is 39.7 Å². The van der Waals surface area contributed by atoms with Crippen molar-refractivity contribution in [3.05, 3.63) is 34.9 Å². The SMILES string of the molecule is CC(=O)C(Br)c1c(C(=O)O)cccc1C(F)F.